The summed E-state index contributed by atoms with van der Waals surface area (Å²) in [6.45, 7) is 3.62. The molecule has 0 heterocycles. The predicted octanol–water partition coefficient (Wildman–Crippen LogP) is 9.84. The topological polar surface area (TPSA) is 94.8 Å². The summed E-state index contributed by atoms with van der Waals surface area (Å²) in [4.78, 5) is 25.7. The van der Waals surface area contributed by atoms with Crippen LogP contribution in [0.3, 0.4) is 0 Å². The van der Waals surface area contributed by atoms with Crippen molar-refractivity contribution in [1.82, 2.24) is 0 Å². The Balaban J connectivity index is 4.09. The molecule has 0 aliphatic rings. The zero-order chi connectivity index (χ0) is 32.6. The lowest BCUT2D eigenvalue weighted by Crippen LogP contribution is -2.57. The zero-order valence-electron chi connectivity index (χ0n) is 28.5. The number of unbranched alkanes of at least 4 members (excludes halogenated alkanes) is 16. The van der Waals surface area contributed by atoms with Gasteiger partial charge in [-0.1, -0.05) is 127 Å². The van der Waals surface area contributed by atoms with E-state index < -0.39 is 29.9 Å². The van der Waals surface area contributed by atoms with E-state index in [1.54, 1.807) is 0 Å². The molecular formula is C39H68O5. The molecule has 0 radical (unpaired) electrons. The van der Waals surface area contributed by atoms with E-state index in [0.717, 1.165) is 77.0 Å². The van der Waals surface area contributed by atoms with Gasteiger partial charge in [-0.25, -0.2) is 0 Å². The van der Waals surface area contributed by atoms with Crippen molar-refractivity contribution in [2.24, 2.45) is 0 Å². The lowest BCUT2D eigenvalue weighted by atomic mass is 9.82. The van der Waals surface area contributed by atoms with Gasteiger partial charge in [0.25, 0.3) is 0 Å². The highest BCUT2D eigenvalue weighted by atomic mass is 16.4. The molecule has 0 aromatic heterocycles. The summed E-state index contributed by atoms with van der Waals surface area (Å²) >= 11 is 0. The van der Waals surface area contributed by atoms with Gasteiger partial charge in [0.1, 0.15) is 6.10 Å². The molecule has 5 nitrogen and oxygen atoms in total. The third kappa shape index (κ3) is 22.7. The third-order valence-corrected chi connectivity index (χ3v) is 8.21. The van der Waals surface area contributed by atoms with Gasteiger partial charge in [0.15, 0.2) is 11.6 Å². The van der Waals surface area contributed by atoms with Gasteiger partial charge in [0.2, 0.25) is 5.60 Å². The van der Waals surface area contributed by atoms with Gasteiger partial charge in [-0.2, -0.15) is 0 Å². The maximum atomic E-state index is 12.8. The number of rotatable bonds is 32. The van der Waals surface area contributed by atoms with Crippen molar-refractivity contribution in [2.75, 3.05) is 6.61 Å². The fourth-order valence-electron chi connectivity index (χ4n) is 5.23. The van der Waals surface area contributed by atoms with E-state index in [2.05, 4.69) is 62.5 Å². The Bertz CT molecular complexity index is 736. The molecule has 0 fully saturated rings. The molecule has 0 bridgehead atoms. The number of aliphatic hydroxyl groups is 3. The van der Waals surface area contributed by atoms with Crippen molar-refractivity contribution < 1.29 is 24.9 Å². The maximum Gasteiger partial charge on any atom is 0.209 e. The van der Waals surface area contributed by atoms with Crippen LogP contribution < -0.4 is 0 Å². The summed E-state index contributed by atoms with van der Waals surface area (Å²) in [5.74, 6) is -1.34. The van der Waals surface area contributed by atoms with Crippen LogP contribution in [0.2, 0.25) is 0 Å². The Morgan fingerprint density at radius 1 is 0.523 bits per heavy atom. The molecule has 0 rings (SSSR count). The molecule has 0 aliphatic carbocycles. The summed E-state index contributed by atoms with van der Waals surface area (Å²) in [5, 5.41) is 30.6. The number of hydrogen-bond donors (Lipinski definition) is 3. The van der Waals surface area contributed by atoms with E-state index in [1.165, 1.54) is 51.4 Å². The predicted molar refractivity (Wildman–Crippen MR) is 187 cm³/mol. The van der Waals surface area contributed by atoms with E-state index in [1.807, 2.05) is 0 Å². The first-order chi connectivity index (χ1) is 21.4. The van der Waals surface area contributed by atoms with Crippen LogP contribution in [0.25, 0.3) is 0 Å². The van der Waals surface area contributed by atoms with Crippen LogP contribution >= 0.6 is 0 Å². The first-order valence-electron chi connectivity index (χ1n) is 18.1. The summed E-state index contributed by atoms with van der Waals surface area (Å²) in [6, 6.07) is 0. The number of Topliss-reactive ketones (excluding diaryl/α,β-unsaturated/α-hetero) is 2. The number of aliphatic hydroxyl groups excluding tert-OH is 2. The molecule has 5 heteroatoms. The summed E-state index contributed by atoms with van der Waals surface area (Å²) in [6.07, 6.45) is 39.4. The molecule has 0 amide bonds. The first-order valence-corrected chi connectivity index (χ1v) is 18.1. The Morgan fingerprint density at radius 3 is 1.18 bits per heavy atom. The minimum atomic E-state index is -2.50. The number of carbonyl (C=O) groups is 2. The van der Waals surface area contributed by atoms with Gasteiger partial charge in [0, 0.05) is 12.8 Å². The molecule has 0 unspecified atom stereocenters. The average Bonchev–Trinajstić information content (AvgIpc) is 3.03. The molecule has 3 N–H and O–H groups in total. The van der Waals surface area contributed by atoms with Crippen LogP contribution in [0.5, 0.6) is 0 Å². The minimum Gasteiger partial charge on any atom is -0.394 e. The lowest BCUT2D eigenvalue weighted by molar-refractivity contribution is -0.166. The van der Waals surface area contributed by atoms with Crippen LogP contribution in [0, 0.1) is 0 Å². The molecule has 1 atom stereocenters. The smallest absolute Gasteiger partial charge is 0.209 e. The van der Waals surface area contributed by atoms with Crippen LogP contribution in [0.15, 0.2) is 48.6 Å². The number of allylic oxidation sites excluding steroid dienone is 8. The van der Waals surface area contributed by atoms with Gasteiger partial charge in [-0.15, -0.1) is 0 Å². The van der Waals surface area contributed by atoms with Crippen molar-refractivity contribution in [3.05, 3.63) is 48.6 Å². The van der Waals surface area contributed by atoms with E-state index in [-0.39, 0.29) is 12.8 Å². The van der Waals surface area contributed by atoms with Gasteiger partial charge < -0.3 is 15.3 Å². The van der Waals surface area contributed by atoms with Gasteiger partial charge in [-0.3, -0.25) is 9.59 Å². The highest BCUT2D eigenvalue weighted by molar-refractivity contribution is 6.10. The maximum absolute atomic E-state index is 12.8. The van der Waals surface area contributed by atoms with Crippen molar-refractivity contribution in [1.29, 1.82) is 0 Å². The van der Waals surface area contributed by atoms with Crippen LogP contribution in [-0.4, -0.2) is 45.2 Å². The number of hydrogen-bond acceptors (Lipinski definition) is 5. The molecule has 44 heavy (non-hydrogen) atoms. The molecular weight excluding hydrogens is 548 g/mol. The molecule has 0 saturated heterocycles. The van der Waals surface area contributed by atoms with Crippen LogP contribution in [-0.2, 0) is 9.59 Å². The van der Waals surface area contributed by atoms with E-state index in [0.29, 0.717) is 12.8 Å². The quantitative estimate of drug-likeness (QED) is 0.0397. The molecule has 0 aromatic carbocycles. The Morgan fingerprint density at radius 2 is 0.841 bits per heavy atom. The Kier molecular flexibility index (Phi) is 29.9. The van der Waals surface area contributed by atoms with E-state index in [9.17, 15) is 24.9 Å². The minimum absolute atomic E-state index is 0.0337. The summed E-state index contributed by atoms with van der Waals surface area (Å²) in [7, 11) is 0. The van der Waals surface area contributed by atoms with Crippen LogP contribution in [0.4, 0.5) is 0 Å². The van der Waals surface area contributed by atoms with Gasteiger partial charge in [0.05, 0.1) is 6.61 Å². The van der Waals surface area contributed by atoms with E-state index in [4.69, 9.17) is 0 Å². The number of carbonyl (C=O) groups excluding carboxylic acids is 2. The van der Waals surface area contributed by atoms with Gasteiger partial charge in [-0.05, 0) is 77.0 Å². The third-order valence-electron chi connectivity index (χ3n) is 8.21. The van der Waals surface area contributed by atoms with Gasteiger partial charge >= 0.3 is 0 Å². The van der Waals surface area contributed by atoms with Crippen molar-refractivity contribution in [3.63, 3.8) is 0 Å². The highest BCUT2D eigenvalue weighted by Gasteiger charge is 2.48. The fraction of sp³-hybridized carbons (Fsp3) is 0.744. The lowest BCUT2D eigenvalue weighted by Gasteiger charge is -2.29. The molecule has 0 aliphatic heterocycles. The van der Waals surface area contributed by atoms with Crippen molar-refractivity contribution >= 4 is 11.6 Å². The summed E-state index contributed by atoms with van der Waals surface area (Å²) in [5.41, 5.74) is -2.50. The Labute approximate surface area is 271 Å². The van der Waals surface area contributed by atoms with Crippen LogP contribution in [0.1, 0.15) is 168 Å². The average molecular weight is 617 g/mol. The monoisotopic (exact) mass is 617 g/mol. The second-order valence-corrected chi connectivity index (χ2v) is 12.3. The SMILES string of the molecule is CCCCCC=CCC=CCCCCCCCC(=O)C(O)(C(=O)CCCCCCCC=CCC=CCCCCC)[C@@H](O)CO. The van der Waals surface area contributed by atoms with Crippen molar-refractivity contribution in [2.45, 2.75) is 180 Å². The van der Waals surface area contributed by atoms with Crippen molar-refractivity contribution in [3.8, 4) is 0 Å². The second-order valence-electron chi connectivity index (χ2n) is 12.3. The van der Waals surface area contributed by atoms with E-state index >= 15 is 0 Å². The molecule has 0 spiro atoms. The zero-order valence-corrected chi connectivity index (χ0v) is 28.5. The fourth-order valence-corrected chi connectivity index (χ4v) is 5.23. The summed E-state index contributed by atoms with van der Waals surface area (Å²) < 4.78 is 0. The molecule has 0 saturated carbocycles. The highest BCUT2D eigenvalue weighted by Crippen LogP contribution is 2.22. The normalized spacial score (nSPS) is 14.4. The second kappa shape index (κ2) is 31.2. The molecule has 254 valence electrons. The standard InChI is InChI=1S/C39H68O5/c1-3-5-7-9-11-13-15-17-19-21-23-25-27-29-31-33-36(41)39(44,38(43)35-40)37(42)34-32-30-28-26-24-22-20-18-16-14-12-10-8-6-4-2/h11-14,17-20,38,40,43-44H,3-10,15-16,21-35H2,1-2H3/t38-,39?/m0/s1. The Hall–Kier alpha value is -1.82. The number of ketones is 2. The largest absolute Gasteiger partial charge is 0.394 e. The first kappa shape index (κ1) is 42.2. The molecule has 0 aromatic rings.